The SMILES string of the molecule is CC(Cl)C(C)(C)NC(=O)c1ccc(I)c(Cl)c1. The molecule has 94 valence electrons. The van der Waals surface area contributed by atoms with Crippen molar-refractivity contribution < 1.29 is 4.79 Å². The Labute approximate surface area is 125 Å². The first-order chi connectivity index (χ1) is 7.74. The zero-order chi connectivity index (χ0) is 13.2. The fourth-order valence-corrected chi connectivity index (χ4v) is 1.67. The third kappa shape index (κ3) is 4.00. The summed E-state index contributed by atoms with van der Waals surface area (Å²) in [6, 6.07) is 5.22. The molecule has 5 heteroatoms. The topological polar surface area (TPSA) is 29.1 Å². The summed E-state index contributed by atoms with van der Waals surface area (Å²) in [6.45, 7) is 5.62. The van der Waals surface area contributed by atoms with Gasteiger partial charge in [-0.15, -0.1) is 11.6 Å². The molecule has 0 aliphatic carbocycles. The lowest BCUT2D eigenvalue weighted by Crippen LogP contribution is -2.49. The number of halogens is 3. The third-order valence-electron chi connectivity index (χ3n) is 2.61. The van der Waals surface area contributed by atoms with Crippen LogP contribution >= 0.6 is 45.8 Å². The summed E-state index contributed by atoms with van der Waals surface area (Å²) in [7, 11) is 0. The molecule has 2 nitrogen and oxygen atoms in total. The lowest BCUT2D eigenvalue weighted by molar-refractivity contribution is 0.0912. The highest BCUT2D eigenvalue weighted by atomic mass is 127. The Hall–Kier alpha value is -0.0000000000000000555. The van der Waals surface area contributed by atoms with Gasteiger partial charge in [0.25, 0.3) is 5.91 Å². The van der Waals surface area contributed by atoms with E-state index in [1.807, 2.05) is 26.8 Å². The molecule has 1 rings (SSSR count). The molecule has 0 aromatic heterocycles. The predicted molar refractivity (Wildman–Crippen MR) is 81.0 cm³/mol. The first kappa shape index (κ1) is 15.1. The molecule has 0 radical (unpaired) electrons. The van der Waals surface area contributed by atoms with Gasteiger partial charge in [0.1, 0.15) is 0 Å². The Morgan fingerprint density at radius 2 is 2.06 bits per heavy atom. The molecule has 0 saturated heterocycles. The molecule has 0 spiro atoms. The molecule has 1 amide bonds. The van der Waals surface area contributed by atoms with E-state index >= 15 is 0 Å². The van der Waals surface area contributed by atoms with Crippen LogP contribution < -0.4 is 5.32 Å². The Morgan fingerprint density at radius 3 is 2.53 bits per heavy atom. The molecule has 0 aliphatic heterocycles. The van der Waals surface area contributed by atoms with E-state index in [0.717, 1.165) is 3.57 Å². The fourth-order valence-electron chi connectivity index (χ4n) is 1.10. The van der Waals surface area contributed by atoms with E-state index in [0.29, 0.717) is 10.6 Å². The summed E-state index contributed by atoms with van der Waals surface area (Å²) in [4.78, 5) is 12.0. The van der Waals surface area contributed by atoms with E-state index in [1.54, 1.807) is 12.1 Å². The zero-order valence-electron chi connectivity index (χ0n) is 9.85. The second-order valence-electron chi connectivity index (χ2n) is 4.42. The van der Waals surface area contributed by atoms with E-state index in [4.69, 9.17) is 23.2 Å². The van der Waals surface area contributed by atoms with Gasteiger partial charge in [0.2, 0.25) is 0 Å². The normalized spacial score (nSPS) is 13.3. The maximum absolute atomic E-state index is 12.0. The quantitative estimate of drug-likeness (QED) is 0.616. The number of amides is 1. The van der Waals surface area contributed by atoms with Crippen molar-refractivity contribution >= 4 is 51.7 Å². The number of hydrogen-bond acceptors (Lipinski definition) is 1. The molecule has 1 atom stereocenters. The van der Waals surface area contributed by atoms with E-state index in [9.17, 15) is 4.79 Å². The average molecular weight is 386 g/mol. The number of carbonyl (C=O) groups is 1. The maximum Gasteiger partial charge on any atom is 0.251 e. The first-order valence-electron chi connectivity index (χ1n) is 5.15. The van der Waals surface area contributed by atoms with Gasteiger partial charge in [0, 0.05) is 9.13 Å². The van der Waals surface area contributed by atoms with Crippen molar-refractivity contribution in [2.24, 2.45) is 0 Å². The first-order valence-corrected chi connectivity index (χ1v) is 7.05. The zero-order valence-corrected chi connectivity index (χ0v) is 13.5. The summed E-state index contributed by atoms with van der Waals surface area (Å²) < 4.78 is 0.922. The molecule has 1 N–H and O–H groups in total. The smallest absolute Gasteiger partial charge is 0.251 e. The second kappa shape index (κ2) is 5.76. The molecule has 0 aliphatic rings. The molecule has 1 aromatic carbocycles. The van der Waals surface area contributed by atoms with E-state index in [1.165, 1.54) is 0 Å². The molecule has 1 unspecified atom stereocenters. The molecular formula is C12H14Cl2INO. The largest absolute Gasteiger partial charge is 0.346 e. The fraction of sp³-hybridized carbons (Fsp3) is 0.417. The molecular weight excluding hydrogens is 372 g/mol. The summed E-state index contributed by atoms with van der Waals surface area (Å²) in [6.07, 6.45) is 0. The van der Waals surface area contributed by atoms with Crippen LogP contribution in [-0.4, -0.2) is 16.8 Å². The lowest BCUT2D eigenvalue weighted by Gasteiger charge is -2.29. The number of alkyl halides is 1. The van der Waals surface area contributed by atoms with Crippen molar-refractivity contribution in [3.8, 4) is 0 Å². The Morgan fingerprint density at radius 1 is 1.47 bits per heavy atom. The van der Waals surface area contributed by atoms with Gasteiger partial charge in [0.15, 0.2) is 0 Å². The number of rotatable bonds is 3. The Bertz CT molecular complexity index is 433. The number of hydrogen-bond donors (Lipinski definition) is 1. The van der Waals surface area contributed by atoms with Gasteiger partial charge in [-0.2, -0.15) is 0 Å². The van der Waals surface area contributed by atoms with Crippen molar-refractivity contribution in [1.29, 1.82) is 0 Å². The minimum absolute atomic E-state index is 0.161. The molecule has 1 aromatic rings. The minimum atomic E-state index is -0.464. The van der Waals surface area contributed by atoms with Gasteiger partial charge in [-0.1, -0.05) is 11.6 Å². The van der Waals surface area contributed by atoms with Gasteiger partial charge in [0.05, 0.1) is 15.9 Å². The van der Waals surface area contributed by atoms with Crippen LogP contribution in [0.2, 0.25) is 5.02 Å². The molecule has 17 heavy (non-hydrogen) atoms. The third-order valence-corrected chi connectivity index (χ3v) is 4.73. The van der Waals surface area contributed by atoms with Crippen molar-refractivity contribution in [3.05, 3.63) is 32.4 Å². The Balaban J connectivity index is 2.87. The number of benzene rings is 1. The van der Waals surface area contributed by atoms with Crippen LogP contribution in [0.25, 0.3) is 0 Å². The van der Waals surface area contributed by atoms with Crippen LogP contribution in [-0.2, 0) is 0 Å². The van der Waals surface area contributed by atoms with Gasteiger partial charge in [-0.05, 0) is 61.6 Å². The van der Waals surface area contributed by atoms with Crippen molar-refractivity contribution in [1.82, 2.24) is 5.32 Å². The van der Waals surface area contributed by atoms with Crippen molar-refractivity contribution in [3.63, 3.8) is 0 Å². The summed E-state index contributed by atoms with van der Waals surface area (Å²) in [5.41, 5.74) is 0.0782. The predicted octanol–water partition coefficient (Wildman–Crippen LogP) is 4.08. The van der Waals surface area contributed by atoms with Crippen LogP contribution in [0.4, 0.5) is 0 Å². The van der Waals surface area contributed by atoms with Gasteiger partial charge < -0.3 is 5.32 Å². The van der Waals surface area contributed by atoms with Crippen LogP contribution in [0.15, 0.2) is 18.2 Å². The van der Waals surface area contributed by atoms with Crippen molar-refractivity contribution in [2.75, 3.05) is 0 Å². The van der Waals surface area contributed by atoms with Gasteiger partial charge in [-0.3, -0.25) is 4.79 Å². The molecule has 0 fully saturated rings. The standard InChI is InChI=1S/C12H14Cl2INO/c1-7(13)12(2,3)16-11(17)8-4-5-10(15)9(14)6-8/h4-7H,1-3H3,(H,16,17). The van der Waals surface area contributed by atoms with Crippen LogP contribution in [0.5, 0.6) is 0 Å². The average Bonchev–Trinajstić information content (AvgIpc) is 2.21. The van der Waals surface area contributed by atoms with Gasteiger partial charge >= 0.3 is 0 Å². The maximum atomic E-state index is 12.0. The minimum Gasteiger partial charge on any atom is -0.346 e. The highest BCUT2D eigenvalue weighted by Crippen LogP contribution is 2.21. The second-order valence-corrected chi connectivity index (χ2v) is 6.64. The molecule has 0 bridgehead atoms. The van der Waals surface area contributed by atoms with Crippen LogP contribution in [0.1, 0.15) is 31.1 Å². The number of carbonyl (C=O) groups excluding carboxylic acids is 1. The Kier molecular flexibility index (Phi) is 5.10. The number of nitrogens with one attached hydrogen (secondary N) is 1. The van der Waals surface area contributed by atoms with Crippen molar-refractivity contribution in [2.45, 2.75) is 31.7 Å². The van der Waals surface area contributed by atoms with Crippen LogP contribution in [0, 0.1) is 3.57 Å². The summed E-state index contributed by atoms with van der Waals surface area (Å²) in [5, 5.41) is 3.30. The summed E-state index contributed by atoms with van der Waals surface area (Å²) >= 11 is 14.1. The highest BCUT2D eigenvalue weighted by Gasteiger charge is 2.26. The molecule has 0 heterocycles. The summed E-state index contributed by atoms with van der Waals surface area (Å²) in [5.74, 6) is -0.166. The monoisotopic (exact) mass is 385 g/mol. The van der Waals surface area contributed by atoms with E-state index < -0.39 is 5.54 Å². The van der Waals surface area contributed by atoms with Crippen LogP contribution in [0.3, 0.4) is 0 Å². The lowest BCUT2D eigenvalue weighted by atomic mass is 10.0. The van der Waals surface area contributed by atoms with Gasteiger partial charge in [-0.25, -0.2) is 0 Å². The molecule has 0 saturated carbocycles. The van der Waals surface area contributed by atoms with E-state index in [-0.39, 0.29) is 11.3 Å². The highest BCUT2D eigenvalue weighted by molar-refractivity contribution is 14.1. The van der Waals surface area contributed by atoms with E-state index in [2.05, 4.69) is 27.9 Å².